The number of aromatic nitrogens is 2. The maximum atomic E-state index is 13.5. The van der Waals surface area contributed by atoms with Gasteiger partial charge in [-0.1, -0.05) is 63.2 Å². The van der Waals surface area contributed by atoms with Crippen molar-refractivity contribution in [2.45, 2.75) is 31.1 Å². The van der Waals surface area contributed by atoms with E-state index in [0.29, 0.717) is 23.8 Å². The fraction of sp³-hybridized carbons (Fsp3) is 0.270. The summed E-state index contributed by atoms with van der Waals surface area (Å²) in [5.74, 6) is 0.376. The highest BCUT2D eigenvalue weighted by Gasteiger charge is 2.23. The molecule has 0 aliphatic carbocycles. The number of morpholine rings is 1. The van der Waals surface area contributed by atoms with Crippen LogP contribution in [0.4, 0.5) is 16.3 Å². The molecule has 3 amide bonds. The monoisotopic (exact) mass is 696 g/mol. The molecule has 0 atom stereocenters. The van der Waals surface area contributed by atoms with Gasteiger partial charge in [-0.15, -0.1) is 0 Å². The predicted molar refractivity (Wildman–Crippen MR) is 193 cm³/mol. The van der Waals surface area contributed by atoms with Crippen LogP contribution < -0.4 is 20.1 Å². The van der Waals surface area contributed by atoms with Gasteiger partial charge in [0.2, 0.25) is 0 Å². The zero-order chi connectivity index (χ0) is 35.3. The maximum absolute atomic E-state index is 13.5. The summed E-state index contributed by atoms with van der Waals surface area (Å²) in [6, 6.07) is 26.7. The first-order chi connectivity index (χ1) is 24.0. The van der Waals surface area contributed by atoms with E-state index in [2.05, 4.69) is 20.3 Å². The van der Waals surface area contributed by atoms with Crippen molar-refractivity contribution in [1.82, 2.24) is 19.4 Å². The fourth-order valence-electron chi connectivity index (χ4n) is 5.51. The van der Waals surface area contributed by atoms with Crippen LogP contribution in [0.2, 0.25) is 0 Å². The average Bonchev–Trinajstić information content (AvgIpc) is 3.54. The molecule has 4 aromatic carbocycles. The van der Waals surface area contributed by atoms with Crippen molar-refractivity contribution in [3.05, 3.63) is 108 Å². The third-order valence-corrected chi connectivity index (χ3v) is 9.62. The summed E-state index contributed by atoms with van der Waals surface area (Å²) in [6.45, 7) is 10.6. The lowest BCUT2D eigenvalue weighted by Crippen LogP contribution is -2.38. The van der Waals surface area contributed by atoms with Crippen LogP contribution in [0.15, 0.2) is 102 Å². The molecule has 50 heavy (non-hydrogen) atoms. The molecule has 12 nitrogen and oxygen atoms in total. The molecule has 1 aliphatic rings. The number of rotatable bonds is 10. The van der Waals surface area contributed by atoms with E-state index in [0.717, 1.165) is 55.1 Å². The number of carbonyl (C=O) groups is 2. The topological polar surface area (TPSA) is 144 Å². The highest BCUT2D eigenvalue weighted by atomic mass is 32.2. The Kier molecular flexibility index (Phi) is 10.2. The molecule has 1 fully saturated rings. The lowest BCUT2D eigenvalue weighted by atomic mass is 9.92. The summed E-state index contributed by atoms with van der Waals surface area (Å²) < 4.78 is 40.6. The Morgan fingerprint density at radius 2 is 1.54 bits per heavy atom. The number of nitrogens with zero attached hydrogens (tertiary/aromatic N) is 3. The van der Waals surface area contributed by atoms with Gasteiger partial charge in [-0.3, -0.25) is 15.0 Å². The van der Waals surface area contributed by atoms with Crippen LogP contribution in [-0.2, 0) is 20.2 Å². The minimum Gasteiger partial charge on any atom is -0.492 e. The van der Waals surface area contributed by atoms with Crippen molar-refractivity contribution in [2.75, 3.05) is 50.1 Å². The van der Waals surface area contributed by atoms with Crippen LogP contribution in [0.3, 0.4) is 0 Å². The van der Waals surface area contributed by atoms with E-state index < -0.39 is 22.0 Å². The maximum Gasteiger partial charge on any atom is 0.324 e. The number of benzene rings is 4. The second-order valence-corrected chi connectivity index (χ2v) is 14.6. The summed E-state index contributed by atoms with van der Waals surface area (Å²) in [5, 5.41) is 12.4. The first-order valence-corrected chi connectivity index (χ1v) is 17.8. The molecule has 13 heteroatoms. The normalized spacial score (nSPS) is 13.9. The minimum atomic E-state index is -4.04. The van der Waals surface area contributed by atoms with Crippen LogP contribution in [0.25, 0.3) is 16.5 Å². The van der Waals surface area contributed by atoms with Crippen LogP contribution >= 0.6 is 0 Å². The standard InChI is InChI=1S/C37H40N6O6S/c1-37(2,3)33-25-34(43(40-33)27-15-13-26(14-16-27)35(44)41-50(46,47)28-9-5-4-6-10-28)39-36(45)38-31-17-18-32(30-12-8-7-11-29(30)31)49-24-21-42-19-22-48-23-20-42/h4-18,25H,19-24H2,1-3H3,(H,41,44)(H2,38,39,45). The summed E-state index contributed by atoms with van der Waals surface area (Å²) in [6.07, 6.45) is 0. The molecule has 0 bridgehead atoms. The van der Waals surface area contributed by atoms with Gasteiger partial charge in [0.1, 0.15) is 18.2 Å². The van der Waals surface area contributed by atoms with Gasteiger partial charge in [-0.05, 0) is 48.5 Å². The molecule has 5 aromatic rings. The van der Waals surface area contributed by atoms with Crippen molar-refractivity contribution >= 4 is 44.2 Å². The Labute approximate surface area is 291 Å². The summed E-state index contributed by atoms with van der Waals surface area (Å²) in [5.41, 5.74) is 1.71. The quantitative estimate of drug-likeness (QED) is 0.166. The van der Waals surface area contributed by atoms with E-state index in [4.69, 9.17) is 14.6 Å². The largest absolute Gasteiger partial charge is 0.492 e. The van der Waals surface area contributed by atoms with E-state index in [1.807, 2.05) is 57.2 Å². The molecule has 6 rings (SSSR count). The van der Waals surface area contributed by atoms with Gasteiger partial charge in [-0.25, -0.2) is 22.6 Å². The van der Waals surface area contributed by atoms with Gasteiger partial charge < -0.3 is 14.8 Å². The van der Waals surface area contributed by atoms with Gasteiger partial charge in [0.15, 0.2) is 0 Å². The van der Waals surface area contributed by atoms with E-state index in [1.165, 1.54) is 24.3 Å². The minimum absolute atomic E-state index is 0.0121. The number of carbonyl (C=O) groups excluding carboxylic acids is 2. The SMILES string of the molecule is CC(C)(C)c1cc(NC(=O)Nc2ccc(OCCN3CCOCC3)c3ccccc23)n(-c2ccc(C(=O)NS(=O)(=O)c3ccccc3)cc2)n1. The Balaban J connectivity index is 1.18. The first-order valence-electron chi connectivity index (χ1n) is 16.3. The van der Waals surface area contributed by atoms with Crippen molar-refractivity contribution in [1.29, 1.82) is 0 Å². The van der Waals surface area contributed by atoms with Gasteiger partial charge in [0.05, 0.1) is 35.2 Å². The van der Waals surface area contributed by atoms with Crippen LogP contribution in [0.5, 0.6) is 5.75 Å². The number of urea groups is 1. The molecular weight excluding hydrogens is 657 g/mol. The molecule has 0 spiro atoms. The molecule has 260 valence electrons. The number of hydrogen-bond donors (Lipinski definition) is 3. The third-order valence-electron chi connectivity index (χ3n) is 8.28. The van der Waals surface area contributed by atoms with E-state index in [-0.39, 0.29) is 15.9 Å². The van der Waals surface area contributed by atoms with Gasteiger partial charge in [0, 0.05) is 47.5 Å². The highest BCUT2D eigenvalue weighted by molar-refractivity contribution is 7.90. The summed E-state index contributed by atoms with van der Waals surface area (Å²) in [7, 11) is -4.04. The lowest BCUT2D eigenvalue weighted by Gasteiger charge is -2.26. The molecule has 0 saturated carbocycles. The second-order valence-electron chi connectivity index (χ2n) is 12.9. The lowest BCUT2D eigenvalue weighted by molar-refractivity contribution is 0.0323. The van der Waals surface area contributed by atoms with E-state index in [9.17, 15) is 18.0 Å². The molecule has 0 unspecified atom stereocenters. The smallest absolute Gasteiger partial charge is 0.324 e. The number of nitrogens with one attached hydrogen (secondary N) is 3. The summed E-state index contributed by atoms with van der Waals surface area (Å²) >= 11 is 0. The van der Waals surface area contributed by atoms with Crippen LogP contribution in [0, 0.1) is 0 Å². The highest BCUT2D eigenvalue weighted by Crippen LogP contribution is 2.32. The van der Waals surface area contributed by atoms with Crippen molar-refractivity contribution in [2.24, 2.45) is 0 Å². The zero-order valence-electron chi connectivity index (χ0n) is 28.2. The fourth-order valence-corrected chi connectivity index (χ4v) is 6.51. The van der Waals surface area contributed by atoms with Gasteiger partial charge in [0.25, 0.3) is 15.9 Å². The van der Waals surface area contributed by atoms with E-state index in [1.54, 1.807) is 41.1 Å². The number of sulfonamides is 1. The van der Waals surface area contributed by atoms with Crippen molar-refractivity contribution in [3.8, 4) is 11.4 Å². The van der Waals surface area contributed by atoms with Gasteiger partial charge >= 0.3 is 6.03 Å². The van der Waals surface area contributed by atoms with Gasteiger partial charge in [-0.2, -0.15) is 5.10 Å². The number of anilines is 2. The molecule has 3 N–H and O–H groups in total. The van der Waals surface area contributed by atoms with Crippen LogP contribution in [-0.4, -0.2) is 74.5 Å². The summed E-state index contributed by atoms with van der Waals surface area (Å²) in [4.78, 5) is 28.6. The second kappa shape index (κ2) is 14.7. The van der Waals surface area contributed by atoms with Crippen molar-refractivity contribution in [3.63, 3.8) is 0 Å². The number of ether oxygens (including phenoxy) is 2. The van der Waals surface area contributed by atoms with Crippen LogP contribution in [0.1, 0.15) is 36.8 Å². The predicted octanol–water partition coefficient (Wildman–Crippen LogP) is 5.80. The number of fused-ring (bicyclic) bond motifs is 1. The molecular formula is C37H40N6O6S. The Morgan fingerprint density at radius 1 is 0.860 bits per heavy atom. The Hall–Kier alpha value is -5.24. The molecule has 0 radical (unpaired) electrons. The third kappa shape index (κ3) is 8.13. The van der Waals surface area contributed by atoms with E-state index >= 15 is 0 Å². The molecule has 1 saturated heterocycles. The Bertz CT molecular complexity index is 2090. The average molecular weight is 697 g/mol. The van der Waals surface area contributed by atoms with Crippen molar-refractivity contribution < 1.29 is 27.5 Å². The molecule has 1 aliphatic heterocycles. The number of amides is 3. The molecule has 2 heterocycles. The Morgan fingerprint density at radius 3 is 2.24 bits per heavy atom. The first kappa shape index (κ1) is 34.6. The number of hydrogen-bond acceptors (Lipinski definition) is 8. The molecule has 1 aromatic heterocycles. The zero-order valence-corrected chi connectivity index (χ0v) is 29.0.